The Labute approximate surface area is 168 Å². The summed E-state index contributed by atoms with van der Waals surface area (Å²) in [4.78, 5) is 24.3. The van der Waals surface area contributed by atoms with Crippen LogP contribution in [0.25, 0.3) is 22.3 Å². The van der Waals surface area contributed by atoms with E-state index in [4.69, 9.17) is 9.47 Å². The molecule has 1 N–H and O–H groups in total. The number of amides is 1. The Morgan fingerprint density at radius 1 is 1.31 bits per heavy atom. The van der Waals surface area contributed by atoms with Gasteiger partial charge in [-0.2, -0.15) is 5.10 Å². The molecule has 0 bridgehead atoms. The first-order valence-corrected chi connectivity index (χ1v) is 9.92. The molecule has 2 aliphatic heterocycles. The van der Waals surface area contributed by atoms with Gasteiger partial charge >= 0.3 is 6.09 Å². The monoisotopic (exact) mass is 396 g/mol. The third-order valence-electron chi connectivity index (χ3n) is 5.56. The standard InChI is InChI=1S/C20H24N6O3/c1-24-12-14(11-22-24)17-10-16-18(2-4-21-19(16)23-17)25-5-7-26(8-6-25)20(27)29-15-3-9-28-13-15/h2,4,10-12,15H,3,5-9,13H2,1H3,(H,21,23)/t15-/m1/s1. The number of nitrogens with one attached hydrogen (secondary N) is 1. The first kappa shape index (κ1) is 18.0. The number of rotatable bonds is 3. The normalized spacial score (nSPS) is 19.8. The molecule has 9 heteroatoms. The number of aromatic amines is 1. The fourth-order valence-corrected chi connectivity index (χ4v) is 3.96. The number of fused-ring (bicyclic) bond motifs is 1. The number of hydrogen-bond acceptors (Lipinski definition) is 6. The second kappa shape index (κ2) is 7.40. The summed E-state index contributed by atoms with van der Waals surface area (Å²) in [7, 11) is 1.90. The molecular weight excluding hydrogens is 372 g/mol. The Hall–Kier alpha value is -3.07. The van der Waals surface area contributed by atoms with Gasteiger partial charge in [-0.25, -0.2) is 9.78 Å². The van der Waals surface area contributed by atoms with E-state index in [2.05, 4.69) is 26.0 Å². The lowest BCUT2D eigenvalue weighted by Gasteiger charge is -2.36. The zero-order valence-corrected chi connectivity index (χ0v) is 16.4. The van der Waals surface area contributed by atoms with Crippen molar-refractivity contribution in [3.8, 4) is 11.3 Å². The highest BCUT2D eigenvalue weighted by molar-refractivity contribution is 5.93. The molecule has 3 aromatic heterocycles. The summed E-state index contributed by atoms with van der Waals surface area (Å²) in [5.74, 6) is 0. The van der Waals surface area contributed by atoms with Gasteiger partial charge in [-0.15, -0.1) is 0 Å². The van der Waals surface area contributed by atoms with Crippen molar-refractivity contribution in [3.05, 3.63) is 30.7 Å². The van der Waals surface area contributed by atoms with Crippen LogP contribution in [0.3, 0.4) is 0 Å². The Bertz CT molecular complexity index is 1010. The predicted molar refractivity (Wildman–Crippen MR) is 108 cm³/mol. The molecule has 0 unspecified atom stereocenters. The topological polar surface area (TPSA) is 88.5 Å². The second-order valence-corrected chi connectivity index (χ2v) is 7.52. The number of pyridine rings is 1. The van der Waals surface area contributed by atoms with Crippen LogP contribution >= 0.6 is 0 Å². The summed E-state index contributed by atoms with van der Waals surface area (Å²) in [6, 6.07) is 4.16. The van der Waals surface area contributed by atoms with Gasteiger partial charge in [0.1, 0.15) is 11.8 Å². The van der Waals surface area contributed by atoms with Crippen LogP contribution in [-0.4, -0.2) is 76.2 Å². The first-order chi connectivity index (χ1) is 14.2. The number of aryl methyl sites for hydroxylation is 1. The van der Waals surface area contributed by atoms with Gasteiger partial charge in [0.15, 0.2) is 0 Å². The Balaban J connectivity index is 1.30. The number of hydrogen-bond donors (Lipinski definition) is 1. The van der Waals surface area contributed by atoms with E-state index >= 15 is 0 Å². The van der Waals surface area contributed by atoms with Crippen LogP contribution in [0, 0.1) is 0 Å². The third-order valence-corrected chi connectivity index (χ3v) is 5.56. The fraction of sp³-hybridized carbons (Fsp3) is 0.450. The van der Waals surface area contributed by atoms with Gasteiger partial charge < -0.3 is 24.3 Å². The van der Waals surface area contributed by atoms with E-state index in [0.29, 0.717) is 26.3 Å². The van der Waals surface area contributed by atoms with Crippen LogP contribution < -0.4 is 4.90 Å². The van der Waals surface area contributed by atoms with Crippen LogP contribution in [-0.2, 0) is 16.5 Å². The molecule has 1 atom stereocenters. The SMILES string of the molecule is Cn1cc(-c2cc3c(N4CCN(C(=O)O[C@@H]5CCOC5)CC4)ccnc3[nH]2)cn1. The number of piperazine rings is 1. The maximum absolute atomic E-state index is 12.4. The number of carbonyl (C=O) groups is 1. The van der Waals surface area contributed by atoms with Gasteiger partial charge in [-0.1, -0.05) is 0 Å². The number of ether oxygens (including phenoxy) is 2. The van der Waals surface area contributed by atoms with Crippen LogP contribution in [0.5, 0.6) is 0 Å². The number of carbonyl (C=O) groups excluding carboxylic acids is 1. The van der Waals surface area contributed by atoms with Crippen LogP contribution in [0.2, 0.25) is 0 Å². The van der Waals surface area contributed by atoms with Gasteiger partial charge in [0.25, 0.3) is 0 Å². The van der Waals surface area contributed by atoms with E-state index in [9.17, 15) is 4.79 Å². The summed E-state index contributed by atoms with van der Waals surface area (Å²) in [5, 5.41) is 5.32. The largest absolute Gasteiger partial charge is 0.444 e. The van der Waals surface area contributed by atoms with Crippen LogP contribution in [0.1, 0.15) is 6.42 Å². The molecule has 0 radical (unpaired) electrons. The van der Waals surface area contributed by atoms with Crippen molar-refractivity contribution in [1.29, 1.82) is 0 Å². The van der Waals surface area contributed by atoms with E-state index < -0.39 is 0 Å². The van der Waals surface area contributed by atoms with E-state index in [1.807, 2.05) is 31.7 Å². The van der Waals surface area contributed by atoms with Crippen molar-refractivity contribution in [2.45, 2.75) is 12.5 Å². The minimum absolute atomic E-state index is 0.105. The lowest BCUT2D eigenvalue weighted by Crippen LogP contribution is -2.49. The molecule has 0 aromatic carbocycles. The van der Waals surface area contributed by atoms with E-state index in [0.717, 1.165) is 47.5 Å². The summed E-state index contributed by atoms with van der Waals surface area (Å²) in [5.41, 5.74) is 4.00. The van der Waals surface area contributed by atoms with Crippen molar-refractivity contribution >= 4 is 22.8 Å². The lowest BCUT2D eigenvalue weighted by molar-refractivity contribution is 0.0534. The molecule has 5 heterocycles. The molecule has 0 aliphatic carbocycles. The van der Waals surface area contributed by atoms with Crippen molar-refractivity contribution in [3.63, 3.8) is 0 Å². The molecule has 29 heavy (non-hydrogen) atoms. The molecule has 0 spiro atoms. The van der Waals surface area contributed by atoms with Gasteiger partial charge in [0.2, 0.25) is 0 Å². The minimum Gasteiger partial charge on any atom is -0.444 e. The smallest absolute Gasteiger partial charge is 0.410 e. The molecule has 1 amide bonds. The Morgan fingerprint density at radius 2 is 2.17 bits per heavy atom. The minimum atomic E-state index is -0.236. The molecule has 3 aromatic rings. The van der Waals surface area contributed by atoms with Gasteiger partial charge in [-0.3, -0.25) is 4.68 Å². The molecule has 9 nitrogen and oxygen atoms in total. The van der Waals surface area contributed by atoms with Crippen molar-refractivity contribution < 1.29 is 14.3 Å². The molecular formula is C20H24N6O3. The Kier molecular flexibility index (Phi) is 4.59. The van der Waals surface area contributed by atoms with E-state index in [-0.39, 0.29) is 12.2 Å². The number of nitrogens with zero attached hydrogens (tertiary/aromatic N) is 5. The molecule has 2 fully saturated rings. The highest BCUT2D eigenvalue weighted by Gasteiger charge is 2.27. The zero-order chi connectivity index (χ0) is 19.8. The Morgan fingerprint density at radius 3 is 2.90 bits per heavy atom. The van der Waals surface area contributed by atoms with Crippen molar-refractivity contribution in [2.75, 3.05) is 44.3 Å². The fourth-order valence-electron chi connectivity index (χ4n) is 3.96. The lowest BCUT2D eigenvalue weighted by atomic mass is 10.2. The van der Waals surface area contributed by atoms with Gasteiger partial charge in [-0.05, 0) is 12.1 Å². The predicted octanol–water partition coefficient (Wildman–Crippen LogP) is 2.01. The van der Waals surface area contributed by atoms with Gasteiger partial charge in [0, 0.05) is 68.7 Å². The number of H-pyrrole nitrogens is 1. The maximum Gasteiger partial charge on any atom is 0.410 e. The number of aromatic nitrogens is 4. The molecule has 2 aliphatic rings. The number of anilines is 1. The van der Waals surface area contributed by atoms with E-state index in [1.54, 1.807) is 9.58 Å². The molecule has 5 rings (SSSR count). The van der Waals surface area contributed by atoms with Crippen molar-refractivity contribution in [1.82, 2.24) is 24.6 Å². The highest BCUT2D eigenvalue weighted by Crippen LogP contribution is 2.30. The van der Waals surface area contributed by atoms with Crippen LogP contribution in [0.4, 0.5) is 10.5 Å². The maximum atomic E-state index is 12.4. The first-order valence-electron chi connectivity index (χ1n) is 9.92. The van der Waals surface area contributed by atoms with Crippen LogP contribution in [0.15, 0.2) is 30.7 Å². The van der Waals surface area contributed by atoms with E-state index in [1.165, 1.54) is 0 Å². The van der Waals surface area contributed by atoms with Crippen molar-refractivity contribution in [2.24, 2.45) is 7.05 Å². The summed E-state index contributed by atoms with van der Waals surface area (Å²) in [6.45, 7) is 3.95. The quantitative estimate of drug-likeness (QED) is 0.729. The van der Waals surface area contributed by atoms with Gasteiger partial charge in [0.05, 0.1) is 25.1 Å². The summed E-state index contributed by atoms with van der Waals surface area (Å²) < 4.78 is 12.6. The average molecular weight is 396 g/mol. The molecule has 2 saturated heterocycles. The average Bonchev–Trinajstić information content (AvgIpc) is 3.48. The zero-order valence-electron chi connectivity index (χ0n) is 16.4. The summed E-state index contributed by atoms with van der Waals surface area (Å²) >= 11 is 0. The second-order valence-electron chi connectivity index (χ2n) is 7.52. The molecule has 0 saturated carbocycles. The molecule has 152 valence electrons. The highest BCUT2D eigenvalue weighted by atomic mass is 16.6. The summed E-state index contributed by atoms with van der Waals surface area (Å²) in [6.07, 6.45) is 6.08. The third kappa shape index (κ3) is 3.53.